The van der Waals surface area contributed by atoms with Gasteiger partial charge in [0.25, 0.3) is 0 Å². The molecule has 3 heteroatoms. The summed E-state index contributed by atoms with van der Waals surface area (Å²) < 4.78 is 5.24. The zero-order chi connectivity index (χ0) is 16.8. The molecule has 2 unspecified atom stereocenters. The first-order valence-electron chi connectivity index (χ1n) is 8.42. The highest BCUT2D eigenvalue weighted by Crippen LogP contribution is 2.26. The van der Waals surface area contributed by atoms with Gasteiger partial charge in [-0.15, -0.1) is 0 Å². The summed E-state index contributed by atoms with van der Waals surface area (Å²) >= 11 is 0. The number of hydrogen-bond acceptors (Lipinski definition) is 2. The highest BCUT2D eigenvalue weighted by atomic mass is 16.5. The Labute approximate surface area is 143 Å². The first-order valence-corrected chi connectivity index (χ1v) is 8.42. The van der Waals surface area contributed by atoms with Crippen LogP contribution in [0.15, 0.2) is 66.7 Å². The van der Waals surface area contributed by atoms with Crippen molar-refractivity contribution in [3.63, 3.8) is 0 Å². The van der Waals surface area contributed by atoms with Gasteiger partial charge in [0.1, 0.15) is 5.75 Å². The first kappa shape index (κ1) is 16.3. The molecule has 0 radical (unpaired) electrons. The molecule has 1 aliphatic rings. The molecule has 0 heterocycles. The van der Waals surface area contributed by atoms with Crippen LogP contribution in [0.2, 0.25) is 0 Å². The maximum Gasteiger partial charge on any atom is 0.224 e. The summed E-state index contributed by atoms with van der Waals surface area (Å²) in [6.07, 6.45) is 7.00. The second kappa shape index (κ2) is 7.82. The van der Waals surface area contributed by atoms with Gasteiger partial charge in [-0.3, -0.25) is 4.79 Å². The average molecular weight is 321 g/mol. The molecule has 3 nitrogen and oxygen atoms in total. The van der Waals surface area contributed by atoms with Crippen LogP contribution in [0.25, 0.3) is 0 Å². The number of methoxy groups -OCH3 is 1. The molecule has 0 fully saturated rings. The van der Waals surface area contributed by atoms with Gasteiger partial charge >= 0.3 is 0 Å². The summed E-state index contributed by atoms with van der Waals surface area (Å²) in [7, 11) is 1.65. The van der Waals surface area contributed by atoms with Crippen LogP contribution >= 0.6 is 0 Å². The number of carbonyl (C=O) groups excluding carboxylic acids is 1. The molecule has 1 N–H and O–H groups in total. The highest BCUT2D eigenvalue weighted by Gasteiger charge is 2.23. The number of carbonyl (C=O) groups is 1. The SMILES string of the molecule is COc1ccc(C(NC(=O)C2CC=CCC2)c2ccccc2)cc1. The zero-order valence-corrected chi connectivity index (χ0v) is 13.9. The molecule has 0 spiro atoms. The largest absolute Gasteiger partial charge is 0.497 e. The van der Waals surface area contributed by atoms with Crippen LogP contribution in [-0.2, 0) is 4.79 Å². The van der Waals surface area contributed by atoms with Crippen molar-refractivity contribution in [2.24, 2.45) is 5.92 Å². The van der Waals surface area contributed by atoms with Gasteiger partial charge in [0, 0.05) is 5.92 Å². The number of allylic oxidation sites excluding steroid dienone is 2. The number of ether oxygens (including phenoxy) is 1. The Hall–Kier alpha value is -2.55. The fourth-order valence-electron chi connectivity index (χ4n) is 3.09. The van der Waals surface area contributed by atoms with Gasteiger partial charge in [-0.2, -0.15) is 0 Å². The second-order valence-corrected chi connectivity index (χ2v) is 6.11. The minimum Gasteiger partial charge on any atom is -0.497 e. The lowest BCUT2D eigenvalue weighted by molar-refractivity contribution is -0.125. The molecule has 0 aliphatic heterocycles. The first-order chi connectivity index (χ1) is 11.8. The molecular weight excluding hydrogens is 298 g/mol. The summed E-state index contributed by atoms with van der Waals surface area (Å²) in [5.74, 6) is 1.01. The Morgan fingerprint density at radius 1 is 1.04 bits per heavy atom. The number of benzene rings is 2. The Morgan fingerprint density at radius 2 is 1.75 bits per heavy atom. The smallest absolute Gasteiger partial charge is 0.224 e. The number of nitrogens with one attached hydrogen (secondary N) is 1. The fraction of sp³-hybridized carbons (Fsp3) is 0.286. The van der Waals surface area contributed by atoms with E-state index in [1.807, 2.05) is 42.5 Å². The van der Waals surface area contributed by atoms with Crippen molar-refractivity contribution in [1.29, 1.82) is 0 Å². The third-order valence-corrected chi connectivity index (χ3v) is 4.51. The molecule has 3 rings (SSSR count). The Bertz CT molecular complexity index is 692. The van der Waals surface area contributed by atoms with E-state index in [0.717, 1.165) is 36.1 Å². The second-order valence-electron chi connectivity index (χ2n) is 6.11. The van der Waals surface area contributed by atoms with Crippen molar-refractivity contribution in [1.82, 2.24) is 5.32 Å². The van der Waals surface area contributed by atoms with E-state index in [2.05, 4.69) is 29.6 Å². The van der Waals surface area contributed by atoms with Crippen LogP contribution in [0.3, 0.4) is 0 Å². The predicted octanol–water partition coefficient (Wildman–Crippen LogP) is 4.26. The number of amides is 1. The molecule has 0 saturated heterocycles. The molecule has 2 aromatic carbocycles. The summed E-state index contributed by atoms with van der Waals surface area (Å²) in [6.45, 7) is 0. The number of rotatable bonds is 5. The lowest BCUT2D eigenvalue weighted by Crippen LogP contribution is -2.35. The maximum atomic E-state index is 12.7. The number of hydrogen-bond donors (Lipinski definition) is 1. The third kappa shape index (κ3) is 3.85. The molecule has 0 bridgehead atoms. The van der Waals surface area contributed by atoms with E-state index in [1.54, 1.807) is 7.11 Å². The van der Waals surface area contributed by atoms with Crippen LogP contribution in [0, 0.1) is 5.92 Å². The van der Waals surface area contributed by atoms with E-state index >= 15 is 0 Å². The topological polar surface area (TPSA) is 38.3 Å². The van der Waals surface area contributed by atoms with Crippen LogP contribution in [-0.4, -0.2) is 13.0 Å². The van der Waals surface area contributed by atoms with Gasteiger partial charge < -0.3 is 10.1 Å². The fourth-order valence-corrected chi connectivity index (χ4v) is 3.09. The van der Waals surface area contributed by atoms with Gasteiger partial charge in [-0.25, -0.2) is 0 Å². The summed E-state index contributed by atoms with van der Waals surface area (Å²) in [6, 6.07) is 17.8. The van der Waals surface area contributed by atoms with E-state index in [0.29, 0.717) is 0 Å². The van der Waals surface area contributed by atoms with Gasteiger partial charge in [-0.1, -0.05) is 54.6 Å². The van der Waals surface area contributed by atoms with Crippen molar-refractivity contribution in [3.05, 3.63) is 77.9 Å². The molecule has 0 aromatic heterocycles. The molecule has 1 amide bonds. The van der Waals surface area contributed by atoms with E-state index in [9.17, 15) is 4.79 Å². The molecular formula is C21H23NO2. The molecule has 124 valence electrons. The molecule has 2 atom stereocenters. The minimum absolute atomic E-state index is 0.0689. The van der Waals surface area contributed by atoms with Crippen LogP contribution in [0.5, 0.6) is 5.75 Å². The van der Waals surface area contributed by atoms with E-state index in [1.165, 1.54) is 0 Å². The monoisotopic (exact) mass is 321 g/mol. The Kier molecular flexibility index (Phi) is 5.32. The Morgan fingerprint density at radius 3 is 2.38 bits per heavy atom. The van der Waals surface area contributed by atoms with Crippen molar-refractivity contribution in [3.8, 4) is 5.75 Å². The normalized spacial score (nSPS) is 18.0. The molecule has 0 saturated carbocycles. The lowest BCUT2D eigenvalue weighted by Gasteiger charge is -2.24. The van der Waals surface area contributed by atoms with Gasteiger partial charge in [0.2, 0.25) is 5.91 Å². The third-order valence-electron chi connectivity index (χ3n) is 4.51. The van der Waals surface area contributed by atoms with E-state index < -0.39 is 0 Å². The standard InChI is InChI=1S/C21H23NO2/c1-24-19-14-12-17(13-15-19)20(16-8-4-2-5-9-16)22-21(23)18-10-6-3-7-11-18/h2-6,8-9,12-15,18,20H,7,10-11H2,1H3,(H,22,23). The summed E-state index contributed by atoms with van der Waals surface area (Å²) in [5.41, 5.74) is 2.14. The highest BCUT2D eigenvalue weighted by molar-refractivity contribution is 5.80. The van der Waals surface area contributed by atoms with Gasteiger partial charge in [0.15, 0.2) is 0 Å². The van der Waals surface area contributed by atoms with Crippen molar-refractivity contribution < 1.29 is 9.53 Å². The summed E-state index contributed by atoms with van der Waals surface area (Å²) in [5, 5.41) is 3.24. The molecule has 1 aliphatic carbocycles. The van der Waals surface area contributed by atoms with E-state index in [4.69, 9.17) is 4.74 Å². The van der Waals surface area contributed by atoms with Crippen molar-refractivity contribution in [2.75, 3.05) is 7.11 Å². The van der Waals surface area contributed by atoms with Crippen molar-refractivity contribution >= 4 is 5.91 Å². The maximum absolute atomic E-state index is 12.7. The molecule has 24 heavy (non-hydrogen) atoms. The Balaban J connectivity index is 1.84. The van der Waals surface area contributed by atoms with E-state index in [-0.39, 0.29) is 17.9 Å². The quantitative estimate of drug-likeness (QED) is 0.836. The average Bonchev–Trinajstić information content (AvgIpc) is 2.67. The molecule has 2 aromatic rings. The van der Waals surface area contributed by atoms with Crippen LogP contribution in [0.4, 0.5) is 0 Å². The minimum atomic E-state index is -0.143. The van der Waals surface area contributed by atoms with Crippen LogP contribution < -0.4 is 10.1 Å². The van der Waals surface area contributed by atoms with Gasteiger partial charge in [0.05, 0.1) is 13.2 Å². The predicted molar refractivity (Wildman–Crippen MR) is 95.9 cm³/mol. The van der Waals surface area contributed by atoms with Crippen molar-refractivity contribution in [2.45, 2.75) is 25.3 Å². The van der Waals surface area contributed by atoms with Crippen LogP contribution in [0.1, 0.15) is 36.4 Å². The zero-order valence-electron chi connectivity index (χ0n) is 13.9. The lowest BCUT2D eigenvalue weighted by atomic mass is 9.92. The van der Waals surface area contributed by atoms with Gasteiger partial charge in [-0.05, 0) is 42.5 Å². The summed E-state index contributed by atoms with van der Waals surface area (Å²) in [4.78, 5) is 12.7.